The van der Waals surface area contributed by atoms with Gasteiger partial charge in [0, 0.05) is 25.3 Å². The van der Waals surface area contributed by atoms with E-state index in [2.05, 4.69) is 10.6 Å². The van der Waals surface area contributed by atoms with E-state index in [0.717, 1.165) is 0 Å². The van der Waals surface area contributed by atoms with Gasteiger partial charge in [-0.3, -0.25) is 4.79 Å². The van der Waals surface area contributed by atoms with Crippen molar-refractivity contribution < 1.29 is 24.9 Å². The number of anilines is 1. The lowest BCUT2D eigenvalue weighted by molar-refractivity contribution is -0.171. The van der Waals surface area contributed by atoms with Crippen molar-refractivity contribution in [3.05, 3.63) is 29.8 Å². The van der Waals surface area contributed by atoms with Crippen LogP contribution in [0.5, 0.6) is 0 Å². The van der Waals surface area contributed by atoms with Gasteiger partial charge in [0.15, 0.2) is 5.78 Å². The Hall–Kier alpha value is -2.20. The fourth-order valence-corrected chi connectivity index (χ4v) is 4.24. The summed E-state index contributed by atoms with van der Waals surface area (Å²) in [6, 6.07) is 4.15. The molecule has 9 nitrogen and oxygen atoms in total. The number of benzene rings is 1. The second-order valence-electron chi connectivity index (χ2n) is 8.09. The van der Waals surface area contributed by atoms with Crippen LogP contribution in [0.4, 0.5) is 10.5 Å². The van der Waals surface area contributed by atoms with Crippen molar-refractivity contribution in [2.45, 2.75) is 56.0 Å². The molecular weight excluding hydrogens is 376 g/mol. The van der Waals surface area contributed by atoms with Crippen LogP contribution in [0.3, 0.4) is 0 Å². The Morgan fingerprint density at radius 3 is 2.38 bits per heavy atom. The zero-order valence-corrected chi connectivity index (χ0v) is 17.6. The van der Waals surface area contributed by atoms with Gasteiger partial charge in [-0.25, -0.2) is 4.79 Å². The Labute approximate surface area is 170 Å². The van der Waals surface area contributed by atoms with Crippen LogP contribution < -0.4 is 16.4 Å². The molecule has 1 aliphatic rings. The molecule has 162 valence electrons. The van der Waals surface area contributed by atoms with Gasteiger partial charge in [-0.2, -0.15) is 0 Å². The average molecular weight is 408 g/mol. The number of amides is 2. The summed E-state index contributed by atoms with van der Waals surface area (Å²) in [5.41, 5.74) is 1.98. The van der Waals surface area contributed by atoms with Crippen molar-refractivity contribution in [1.82, 2.24) is 10.2 Å². The Kier molecular flexibility index (Phi) is 6.29. The maximum Gasteiger partial charge on any atom is 0.317 e. The minimum absolute atomic E-state index is 0.130. The molecular formula is C20H32N4O5. The van der Waals surface area contributed by atoms with E-state index in [-0.39, 0.29) is 12.2 Å². The maximum atomic E-state index is 12.4. The molecule has 0 spiro atoms. The summed E-state index contributed by atoms with van der Waals surface area (Å²) in [5.74, 6) is -0.130. The minimum Gasteiger partial charge on any atom is -0.393 e. The minimum atomic E-state index is -2.08. The normalized spacial score (nSPS) is 34.0. The Bertz CT molecular complexity index is 784. The summed E-state index contributed by atoms with van der Waals surface area (Å²) >= 11 is 0. The van der Waals surface area contributed by atoms with Crippen molar-refractivity contribution in [3.8, 4) is 0 Å². The fourth-order valence-electron chi connectivity index (χ4n) is 4.24. The van der Waals surface area contributed by atoms with Gasteiger partial charge in [0.25, 0.3) is 0 Å². The Balaban J connectivity index is 2.53. The van der Waals surface area contributed by atoms with E-state index in [1.54, 1.807) is 45.3 Å². The lowest BCUT2D eigenvalue weighted by Crippen LogP contribution is -2.72. The number of hydrogen-bond acceptors (Lipinski definition) is 7. The van der Waals surface area contributed by atoms with Crippen LogP contribution in [0.2, 0.25) is 0 Å². The molecule has 1 saturated carbocycles. The van der Waals surface area contributed by atoms with Gasteiger partial charge in [0.2, 0.25) is 0 Å². The molecule has 9 heteroatoms. The summed E-state index contributed by atoms with van der Waals surface area (Å²) in [4.78, 5) is 25.4. The molecule has 0 saturated heterocycles. The number of rotatable bonds is 6. The van der Waals surface area contributed by atoms with Gasteiger partial charge >= 0.3 is 6.03 Å². The number of aliphatic hydroxyl groups excluding tert-OH is 1. The maximum absolute atomic E-state index is 12.4. The van der Waals surface area contributed by atoms with E-state index in [1.807, 2.05) is 0 Å². The number of nitrogens with one attached hydrogen (secondary N) is 2. The summed E-state index contributed by atoms with van der Waals surface area (Å²) in [5, 5.41) is 38.6. The number of nitrogens with zero attached hydrogens (tertiary/aromatic N) is 1. The molecule has 5 atom stereocenters. The average Bonchev–Trinajstić information content (AvgIpc) is 2.79. The number of hydrogen-bond donors (Lipinski definition) is 6. The molecule has 2 amide bonds. The highest BCUT2D eigenvalue weighted by Gasteiger charge is 2.73. The third-order valence-corrected chi connectivity index (χ3v) is 6.28. The molecule has 2 rings (SSSR count). The highest BCUT2D eigenvalue weighted by atomic mass is 16.4. The molecule has 1 aliphatic carbocycles. The number of carbonyl (C=O) groups is 2. The number of urea groups is 1. The lowest BCUT2D eigenvalue weighted by atomic mass is 9.74. The van der Waals surface area contributed by atoms with Crippen LogP contribution in [0.15, 0.2) is 24.3 Å². The Morgan fingerprint density at radius 2 is 1.90 bits per heavy atom. The van der Waals surface area contributed by atoms with E-state index >= 15 is 0 Å². The largest absolute Gasteiger partial charge is 0.393 e. The van der Waals surface area contributed by atoms with Crippen LogP contribution >= 0.6 is 0 Å². The smallest absolute Gasteiger partial charge is 0.317 e. The van der Waals surface area contributed by atoms with Gasteiger partial charge in [-0.1, -0.05) is 19.1 Å². The molecule has 0 aromatic heterocycles. The van der Waals surface area contributed by atoms with Crippen LogP contribution in [-0.4, -0.2) is 81.6 Å². The molecule has 0 heterocycles. The van der Waals surface area contributed by atoms with E-state index < -0.39 is 41.5 Å². The first-order valence-electron chi connectivity index (χ1n) is 9.56. The van der Waals surface area contributed by atoms with Crippen molar-refractivity contribution >= 4 is 17.5 Å². The SMILES string of the molecule is CCC1(NC(=O)N(C)C)C(N)C(Nc2cccc(C(C)=O)c2)C(O)(CO)C1(C)O. The van der Waals surface area contributed by atoms with Gasteiger partial charge < -0.3 is 36.6 Å². The Morgan fingerprint density at radius 1 is 1.28 bits per heavy atom. The van der Waals surface area contributed by atoms with Crippen LogP contribution in [0.1, 0.15) is 37.6 Å². The topological polar surface area (TPSA) is 148 Å². The quantitative estimate of drug-likeness (QED) is 0.360. The number of carbonyl (C=O) groups excluding carboxylic acids is 2. The fraction of sp³-hybridized carbons (Fsp3) is 0.600. The van der Waals surface area contributed by atoms with E-state index in [4.69, 9.17) is 5.73 Å². The molecule has 29 heavy (non-hydrogen) atoms. The summed E-state index contributed by atoms with van der Waals surface area (Å²) in [6.07, 6.45) is 0.203. The molecule has 0 aliphatic heterocycles. The first-order valence-corrected chi connectivity index (χ1v) is 9.56. The highest BCUT2D eigenvalue weighted by molar-refractivity contribution is 5.94. The molecule has 1 fully saturated rings. The molecule has 1 aromatic rings. The summed E-state index contributed by atoms with van der Waals surface area (Å²) in [6.45, 7) is 3.74. The molecule has 0 radical (unpaired) electrons. The number of ketones is 1. The zero-order chi connectivity index (χ0) is 22.2. The first-order chi connectivity index (χ1) is 13.4. The number of aliphatic hydroxyl groups is 3. The number of Topliss-reactive ketones (excluding diaryl/α,β-unsaturated/α-hetero) is 1. The summed E-state index contributed by atoms with van der Waals surface area (Å²) in [7, 11) is 3.10. The van der Waals surface area contributed by atoms with Crippen molar-refractivity contribution in [3.63, 3.8) is 0 Å². The van der Waals surface area contributed by atoms with E-state index in [9.17, 15) is 24.9 Å². The van der Waals surface area contributed by atoms with Crippen molar-refractivity contribution in [1.29, 1.82) is 0 Å². The molecule has 1 aromatic carbocycles. The second kappa shape index (κ2) is 7.91. The monoisotopic (exact) mass is 408 g/mol. The first kappa shape index (κ1) is 23.1. The van der Waals surface area contributed by atoms with Crippen molar-refractivity contribution in [2.75, 3.05) is 26.0 Å². The van der Waals surface area contributed by atoms with Crippen molar-refractivity contribution in [2.24, 2.45) is 5.73 Å². The van der Waals surface area contributed by atoms with Gasteiger partial charge in [0.1, 0.15) is 11.2 Å². The third kappa shape index (κ3) is 3.48. The number of nitrogens with two attached hydrogens (primary N) is 1. The van der Waals surface area contributed by atoms with E-state index in [1.165, 1.54) is 18.7 Å². The van der Waals surface area contributed by atoms with Gasteiger partial charge in [0.05, 0.1) is 24.2 Å². The highest BCUT2D eigenvalue weighted by Crippen LogP contribution is 2.48. The van der Waals surface area contributed by atoms with Gasteiger partial charge in [-0.15, -0.1) is 0 Å². The van der Waals surface area contributed by atoms with E-state index in [0.29, 0.717) is 11.3 Å². The summed E-state index contributed by atoms with van der Waals surface area (Å²) < 4.78 is 0. The van der Waals surface area contributed by atoms with Crippen LogP contribution in [0.25, 0.3) is 0 Å². The molecule has 5 unspecified atom stereocenters. The third-order valence-electron chi connectivity index (χ3n) is 6.28. The lowest BCUT2D eigenvalue weighted by Gasteiger charge is -2.46. The molecule has 0 bridgehead atoms. The second-order valence-corrected chi connectivity index (χ2v) is 8.09. The van der Waals surface area contributed by atoms with Crippen LogP contribution in [-0.2, 0) is 0 Å². The van der Waals surface area contributed by atoms with Gasteiger partial charge in [-0.05, 0) is 32.4 Å². The zero-order valence-electron chi connectivity index (χ0n) is 17.6. The van der Waals surface area contributed by atoms with Crippen LogP contribution in [0, 0.1) is 0 Å². The standard InChI is InChI=1S/C20H32N4O5/c1-6-19(23-17(27)24(4)5)15(21)16(20(29,11-25)18(19,3)28)22-14-9-7-8-13(10-14)12(2)26/h7-10,15-16,22,25,28-29H,6,11,21H2,1-5H3,(H,23,27). The molecule has 7 N–H and O–H groups in total. The predicted octanol–water partition coefficient (Wildman–Crippen LogP) is -0.0950. The predicted molar refractivity (Wildman–Crippen MR) is 110 cm³/mol.